The molecule has 0 saturated heterocycles. The van der Waals surface area contributed by atoms with Crippen LogP contribution in [0.4, 0.5) is 5.69 Å². The third-order valence-corrected chi connectivity index (χ3v) is 5.13. The van der Waals surface area contributed by atoms with Gasteiger partial charge in [-0.3, -0.25) is 4.79 Å². The molecular weight excluding hydrogens is 418 g/mol. The Labute approximate surface area is 210 Å². The lowest BCUT2D eigenvalue weighted by atomic mass is 9.87. The number of hydrogen-bond donors (Lipinski definition) is 2. The topological polar surface area (TPSA) is 49.3 Å². The van der Waals surface area contributed by atoms with Crippen molar-refractivity contribution < 1.29 is 9.90 Å². The summed E-state index contributed by atoms with van der Waals surface area (Å²) in [6.07, 6.45) is 2.79. The molecule has 3 nitrogen and oxygen atoms in total. The van der Waals surface area contributed by atoms with Gasteiger partial charge in [0, 0.05) is 11.4 Å². The third-order valence-electron chi connectivity index (χ3n) is 5.13. The van der Waals surface area contributed by atoms with Gasteiger partial charge in [-0.15, -0.1) is 0 Å². The van der Waals surface area contributed by atoms with Crippen LogP contribution in [-0.2, 0) is 11.2 Å². The van der Waals surface area contributed by atoms with Crippen LogP contribution in [0.2, 0.25) is 0 Å². The van der Waals surface area contributed by atoms with E-state index in [0.717, 1.165) is 23.3 Å². The molecule has 0 spiro atoms. The Bertz CT molecular complexity index is 910. The van der Waals surface area contributed by atoms with Crippen LogP contribution in [0.15, 0.2) is 60.3 Å². The third kappa shape index (κ3) is 14.4. The number of nitrogens with one attached hydrogen (secondary N) is 1. The highest BCUT2D eigenvalue weighted by molar-refractivity contribution is 5.88. The molecule has 0 radical (unpaired) electrons. The number of anilines is 1. The van der Waals surface area contributed by atoms with Crippen LogP contribution < -0.4 is 5.32 Å². The summed E-state index contributed by atoms with van der Waals surface area (Å²) in [6.45, 7) is 28.0. The maximum Gasteiger partial charge on any atom is 0.152 e. The highest BCUT2D eigenvalue weighted by Gasteiger charge is 2.12. The van der Waals surface area contributed by atoms with E-state index in [9.17, 15) is 4.79 Å². The minimum Gasteiger partial charge on any atom is -0.508 e. The molecule has 0 fully saturated rings. The number of phenols is 1. The van der Waals surface area contributed by atoms with Gasteiger partial charge in [0.1, 0.15) is 5.75 Å². The second-order valence-corrected chi connectivity index (χ2v) is 9.33. The molecular formula is C31H49NO2. The van der Waals surface area contributed by atoms with Crippen molar-refractivity contribution in [1.29, 1.82) is 0 Å². The van der Waals surface area contributed by atoms with Gasteiger partial charge in [-0.25, -0.2) is 0 Å². The summed E-state index contributed by atoms with van der Waals surface area (Å²) < 4.78 is 0. The van der Waals surface area contributed by atoms with Crippen LogP contribution >= 0.6 is 0 Å². The monoisotopic (exact) mass is 467 g/mol. The predicted octanol–water partition coefficient (Wildman–Crippen LogP) is 9.11. The van der Waals surface area contributed by atoms with Crippen molar-refractivity contribution >= 4 is 11.5 Å². The van der Waals surface area contributed by atoms with Crippen LogP contribution in [0, 0.1) is 26.2 Å². The molecule has 2 N–H and O–H groups in total. The van der Waals surface area contributed by atoms with Gasteiger partial charge in [0.25, 0.3) is 0 Å². The van der Waals surface area contributed by atoms with E-state index in [-0.39, 0.29) is 11.2 Å². The van der Waals surface area contributed by atoms with Crippen LogP contribution in [-0.4, -0.2) is 10.9 Å². The molecule has 0 bridgehead atoms. The fourth-order valence-electron chi connectivity index (χ4n) is 2.71. The van der Waals surface area contributed by atoms with Crippen LogP contribution in [0.1, 0.15) is 84.6 Å². The molecule has 3 heteroatoms. The summed E-state index contributed by atoms with van der Waals surface area (Å²) in [4.78, 5) is 10.6. The van der Waals surface area contributed by atoms with Gasteiger partial charge < -0.3 is 10.4 Å². The maximum absolute atomic E-state index is 10.6. The van der Waals surface area contributed by atoms with Crippen molar-refractivity contribution in [2.45, 2.75) is 89.5 Å². The maximum atomic E-state index is 10.6. The number of allylic oxidation sites excluding steroid dienone is 3. The molecule has 2 rings (SSSR count). The zero-order valence-corrected chi connectivity index (χ0v) is 23.8. The lowest BCUT2D eigenvalue weighted by molar-refractivity contribution is -0.112. The van der Waals surface area contributed by atoms with Gasteiger partial charge in [0.15, 0.2) is 5.78 Å². The highest BCUT2D eigenvalue weighted by Crippen LogP contribution is 2.24. The van der Waals surface area contributed by atoms with Crippen LogP contribution in [0.25, 0.3) is 0 Å². The number of carbonyl (C=O) groups excluding carboxylic acids is 1. The Balaban J connectivity index is 0. The van der Waals surface area contributed by atoms with E-state index in [2.05, 4.69) is 65.6 Å². The Hall–Kier alpha value is -2.81. The number of hydrogen-bond acceptors (Lipinski definition) is 3. The molecule has 0 saturated carbocycles. The number of ketones is 1. The number of rotatable bonds is 4. The minimum atomic E-state index is 0.131. The number of aryl methyl sites for hydroxylation is 4. The fraction of sp³-hybridized carbons (Fsp3) is 0.452. The quantitative estimate of drug-likeness (QED) is 0.441. The molecule has 0 unspecified atom stereocenters. The highest BCUT2D eigenvalue weighted by atomic mass is 16.3. The summed E-state index contributed by atoms with van der Waals surface area (Å²) in [5.41, 5.74) is 8.41. The Morgan fingerprint density at radius 1 is 0.971 bits per heavy atom. The lowest BCUT2D eigenvalue weighted by Crippen LogP contribution is -2.07. The first-order valence-electron chi connectivity index (χ1n) is 12.2. The second kappa shape index (κ2) is 16.7. The average molecular weight is 468 g/mol. The van der Waals surface area contributed by atoms with Gasteiger partial charge in [-0.1, -0.05) is 78.0 Å². The van der Waals surface area contributed by atoms with Crippen molar-refractivity contribution in [2.75, 3.05) is 5.32 Å². The number of aromatic hydroxyl groups is 1. The van der Waals surface area contributed by atoms with E-state index in [4.69, 9.17) is 5.11 Å². The van der Waals surface area contributed by atoms with Crippen molar-refractivity contribution in [3.8, 4) is 5.75 Å². The first-order valence-corrected chi connectivity index (χ1v) is 12.2. The number of benzene rings is 2. The molecule has 0 aliphatic heterocycles. The molecule has 190 valence electrons. The van der Waals surface area contributed by atoms with Crippen molar-refractivity contribution in [1.82, 2.24) is 0 Å². The van der Waals surface area contributed by atoms with Crippen molar-refractivity contribution in [3.05, 3.63) is 82.6 Å². The molecule has 0 atom stereocenters. The number of carbonyl (C=O) groups is 1. The van der Waals surface area contributed by atoms with Crippen molar-refractivity contribution in [3.63, 3.8) is 0 Å². The van der Waals surface area contributed by atoms with Gasteiger partial charge in [-0.2, -0.15) is 0 Å². The smallest absolute Gasteiger partial charge is 0.152 e. The largest absolute Gasteiger partial charge is 0.508 e. The first-order chi connectivity index (χ1) is 15.7. The van der Waals surface area contributed by atoms with Gasteiger partial charge in [0.2, 0.25) is 0 Å². The van der Waals surface area contributed by atoms with E-state index in [1.807, 2.05) is 52.8 Å². The van der Waals surface area contributed by atoms with E-state index in [0.29, 0.717) is 5.75 Å². The van der Waals surface area contributed by atoms with Crippen molar-refractivity contribution in [2.24, 2.45) is 5.41 Å². The summed E-state index contributed by atoms with van der Waals surface area (Å²) >= 11 is 0. The Morgan fingerprint density at radius 3 is 1.82 bits per heavy atom. The second-order valence-electron chi connectivity index (χ2n) is 9.33. The minimum absolute atomic E-state index is 0.131. The molecule has 0 aliphatic rings. The molecule has 0 aliphatic carbocycles. The SMILES string of the molecule is C=C(C)Nc1cc(C)c(CC)cc1C.CC.CC(=O)/C=C(\C)C(C)(C)C.Cc1ccccc1O. The lowest BCUT2D eigenvalue weighted by Gasteiger charge is -2.18. The molecule has 0 amide bonds. The summed E-state index contributed by atoms with van der Waals surface area (Å²) in [7, 11) is 0. The molecule has 34 heavy (non-hydrogen) atoms. The van der Waals surface area contributed by atoms with Crippen LogP contribution in [0.5, 0.6) is 5.75 Å². The Morgan fingerprint density at radius 2 is 1.50 bits per heavy atom. The van der Waals surface area contributed by atoms with Gasteiger partial charge in [-0.05, 0) is 93.8 Å². The molecule has 2 aromatic rings. The van der Waals surface area contributed by atoms with E-state index in [1.54, 1.807) is 19.1 Å². The van der Waals surface area contributed by atoms with E-state index in [1.165, 1.54) is 22.4 Å². The standard InChI is InChI=1S/C13H19N.C9H16O.C7H8O.C2H6/c1-6-12-7-11(5)13(8-10(12)4)14-9(2)3;1-7(6-8(2)10)9(3,4)5;1-6-4-2-3-5-7(6)8;1-2/h7-8,14H,2,6H2,1,3-5H3;6H,1-5H3;2-5,8H,1H3;1-2H3/b;7-6+;;. The van der Waals surface area contributed by atoms with E-state index < -0.39 is 0 Å². The van der Waals surface area contributed by atoms with Gasteiger partial charge >= 0.3 is 0 Å². The average Bonchev–Trinajstić information content (AvgIpc) is 2.73. The molecule has 2 aromatic carbocycles. The normalized spacial score (nSPS) is 10.4. The number of para-hydroxylation sites is 1. The molecule has 0 aromatic heterocycles. The predicted molar refractivity (Wildman–Crippen MR) is 152 cm³/mol. The number of phenolic OH excluding ortho intramolecular Hbond substituents is 1. The van der Waals surface area contributed by atoms with Gasteiger partial charge in [0.05, 0.1) is 0 Å². The van der Waals surface area contributed by atoms with Crippen LogP contribution in [0.3, 0.4) is 0 Å². The molecule has 0 heterocycles. The van der Waals surface area contributed by atoms with E-state index >= 15 is 0 Å². The fourth-order valence-corrected chi connectivity index (χ4v) is 2.71. The summed E-state index contributed by atoms with van der Waals surface area (Å²) in [5, 5.41) is 12.2. The Kier molecular flexibility index (Phi) is 16.4. The summed E-state index contributed by atoms with van der Waals surface area (Å²) in [6, 6.07) is 11.7. The zero-order chi connectivity index (χ0) is 27.1. The zero-order valence-electron chi connectivity index (χ0n) is 23.8. The summed E-state index contributed by atoms with van der Waals surface area (Å²) in [5.74, 6) is 0.500. The first kappa shape index (κ1) is 33.4.